The van der Waals surface area contributed by atoms with E-state index >= 15 is 0 Å². The Hall–Kier alpha value is -0.910. The van der Waals surface area contributed by atoms with E-state index in [1.807, 2.05) is 19.1 Å². The third-order valence-electron chi connectivity index (χ3n) is 2.94. The largest absolute Gasteiger partial charge is 0.379 e. The van der Waals surface area contributed by atoms with E-state index in [1.165, 1.54) is 4.31 Å². The van der Waals surface area contributed by atoms with Gasteiger partial charge in [0.2, 0.25) is 10.0 Å². The first-order chi connectivity index (χ1) is 8.16. The van der Waals surface area contributed by atoms with Gasteiger partial charge in [0.15, 0.2) is 0 Å². The Bertz CT molecular complexity index is 478. The maximum atomic E-state index is 12.4. The maximum absolute atomic E-state index is 12.4. The summed E-state index contributed by atoms with van der Waals surface area (Å²) < 4.78 is 31.6. The number of aryl methyl sites for hydroxylation is 1. The van der Waals surface area contributed by atoms with Crippen molar-refractivity contribution < 1.29 is 13.2 Å². The second-order valence-corrected chi connectivity index (χ2v) is 5.88. The van der Waals surface area contributed by atoms with Crippen LogP contribution in [-0.2, 0) is 21.2 Å². The molecule has 4 nitrogen and oxygen atoms in total. The summed E-state index contributed by atoms with van der Waals surface area (Å²) in [5, 5.41) is 0. The summed E-state index contributed by atoms with van der Waals surface area (Å²) in [6.45, 7) is 3.81. The van der Waals surface area contributed by atoms with Crippen LogP contribution in [0.4, 0.5) is 0 Å². The van der Waals surface area contributed by atoms with E-state index in [1.54, 1.807) is 12.1 Å². The molecule has 0 radical (unpaired) electrons. The Morgan fingerprint density at radius 3 is 2.53 bits per heavy atom. The van der Waals surface area contributed by atoms with Crippen LogP contribution in [0.1, 0.15) is 12.5 Å². The van der Waals surface area contributed by atoms with Crippen LogP contribution >= 0.6 is 0 Å². The van der Waals surface area contributed by atoms with Crippen LogP contribution in [0.2, 0.25) is 0 Å². The fraction of sp³-hybridized carbons (Fsp3) is 0.500. The lowest BCUT2D eigenvalue weighted by Crippen LogP contribution is -2.40. The zero-order valence-corrected chi connectivity index (χ0v) is 10.7. The number of hydrogen-bond acceptors (Lipinski definition) is 3. The molecule has 1 aliphatic rings. The van der Waals surface area contributed by atoms with E-state index in [-0.39, 0.29) is 0 Å². The first kappa shape index (κ1) is 12.5. The zero-order chi connectivity index (χ0) is 12.3. The molecule has 1 heterocycles. The van der Waals surface area contributed by atoms with Crippen molar-refractivity contribution in [3.63, 3.8) is 0 Å². The van der Waals surface area contributed by atoms with Crippen molar-refractivity contribution in [3.8, 4) is 0 Å². The van der Waals surface area contributed by atoms with Crippen LogP contribution in [0.3, 0.4) is 0 Å². The van der Waals surface area contributed by atoms with E-state index in [2.05, 4.69) is 0 Å². The van der Waals surface area contributed by atoms with E-state index in [9.17, 15) is 8.42 Å². The molecule has 0 N–H and O–H groups in total. The van der Waals surface area contributed by atoms with Gasteiger partial charge in [0, 0.05) is 13.1 Å². The number of benzene rings is 1. The van der Waals surface area contributed by atoms with Gasteiger partial charge >= 0.3 is 0 Å². The maximum Gasteiger partial charge on any atom is 0.243 e. The Labute approximate surface area is 102 Å². The van der Waals surface area contributed by atoms with Gasteiger partial charge in [-0.1, -0.05) is 25.1 Å². The van der Waals surface area contributed by atoms with Gasteiger partial charge in [0.05, 0.1) is 18.1 Å². The first-order valence-corrected chi connectivity index (χ1v) is 7.26. The average Bonchev–Trinajstić information content (AvgIpc) is 2.39. The van der Waals surface area contributed by atoms with Gasteiger partial charge in [0.25, 0.3) is 0 Å². The number of ether oxygens (including phenoxy) is 1. The summed E-state index contributed by atoms with van der Waals surface area (Å²) in [6, 6.07) is 7.20. The van der Waals surface area contributed by atoms with Gasteiger partial charge in [0.1, 0.15) is 0 Å². The summed E-state index contributed by atoms with van der Waals surface area (Å²) in [6.07, 6.45) is 0.722. The SMILES string of the molecule is CCc1ccccc1S(=O)(=O)N1CCOCC1. The van der Waals surface area contributed by atoms with Gasteiger partial charge in [-0.15, -0.1) is 0 Å². The van der Waals surface area contributed by atoms with Crippen LogP contribution in [0.15, 0.2) is 29.2 Å². The van der Waals surface area contributed by atoms with Crippen molar-refractivity contribution in [2.24, 2.45) is 0 Å². The summed E-state index contributed by atoms with van der Waals surface area (Å²) in [5.41, 5.74) is 0.874. The van der Waals surface area contributed by atoms with Crippen molar-refractivity contribution >= 4 is 10.0 Å². The summed E-state index contributed by atoms with van der Waals surface area (Å²) in [7, 11) is -3.35. The van der Waals surface area contributed by atoms with Gasteiger partial charge in [-0.3, -0.25) is 0 Å². The summed E-state index contributed by atoms with van der Waals surface area (Å²) in [5.74, 6) is 0. The average molecular weight is 255 g/mol. The second-order valence-electron chi connectivity index (χ2n) is 3.98. The minimum Gasteiger partial charge on any atom is -0.379 e. The minimum atomic E-state index is -3.35. The zero-order valence-electron chi connectivity index (χ0n) is 9.93. The smallest absolute Gasteiger partial charge is 0.243 e. The lowest BCUT2D eigenvalue weighted by molar-refractivity contribution is 0.0730. The van der Waals surface area contributed by atoms with Crippen LogP contribution in [-0.4, -0.2) is 39.0 Å². The van der Waals surface area contributed by atoms with Crippen LogP contribution in [0.25, 0.3) is 0 Å². The second kappa shape index (κ2) is 5.16. The molecule has 1 fully saturated rings. The van der Waals surface area contributed by atoms with E-state index in [0.29, 0.717) is 31.2 Å². The molecule has 17 heavy (non-hydrogen) atoms. The fourth-order valence-corrected chi connectivity index (χ4v) is 3.68. The monoisotopic (exact) mass is 255 g/mol. The van der Waals surface area contributed by atoms with Gasteiger partial charge in [-0.25, -0.2) is 8.42 Å². The highest BCUT2D eigenvalue weighted by atomic mass is 32.2. The molecule has 0 spiro atoms. The van der Waals surface area contributed by atoms with Crippen molar-refractivity contribution in [1.82, 2.24) is 4.31 Å². The Kier molecular flexibility index (Phi) is 3.81. The van der Waals surface area contributed by atoms with Crippen molar-refractivity contribution in [2.75, 3.05) is 26.3 Å². The first-order valence-electron chi connectivity index (χ1n) is 5.82. The molecule has 0 saturated carbocycles. The predicted molar refractivity (Wildman–Crippen MR) is 65.4 cm³/mol. The van der Waals surface area contributed by atoms with E-state index in [0.717, 1.165) is 12.0 Å². The van der Waals surface area contributed by atoms with E-state index in [4.69, 9.17) is 4.74 Å². The molecule has 0 aliphatic carbocycles. The quantitative estimate of drug-likeness (QED) is 0.817. The lowest BCUT2D eigenvalue weighted by Gasteiger charge is -2.26. The Morgan fingerprint density at radius 2 is 1.88 bits per heavy atom. The number of nitrogens with zero attached hydrogens (tertiary/aromatic N) is 1. The summed E-state index contributed by atoms with van der Waals surface area (Å²) >= 11 is 0. The number of morpholine rings is 1. The third kappa shape index (κ3) is 2.51. The minimum absolute atomic E-state index is 0.435. The van der Waals surface area contributed by atoms with Crippen LogP contribution in [0, 0.1) is 0 Å². The molecule has 94 valence electrons. The highest BCUT2D eigenvalue weighted by Gasteiger charge is 2.27. The molecule has 1 aromatic rings. The van der Waals surface area contributed by atoms with Crippen molar-refractivity contribution in [2.45, 2.75) is 18.2 Å². The normalized spacial score (nSPS) is 18.2. The van der Waals surface area contributed by atoms with Crippen LogP contribution in [0.5, 0.6) is 0 Å². The molecule has 5 heteroatoms. The standard InChI is InChI=1S/C12H17NO3S/c1-2-11-5-3-4-6-12(11)17(14,15)13-7-9-16-10-8-13/h3-6H,2,7-10H2,1H3. The number of hydrogen-bond donors (Lipinski definition) is 0. The topological polar surface area (TPSA) is 46.6 Å². The molecule has 0 aromatic heterocycles. The third-order valence-corrected chi connectivity index (χ3v) is 4.94. The van der Waals surface area contributed by atoms with Crippen molar-refractivity contribution in [1.29, 1.82) is 0 Å². The molecule has 0 bridgehead atoms. The predicted octanol–water partition coefficient (Wildman–Crippen LogP) is 1.27. The summed E-state index contributed by atoms with van der Waals surface area (Å²) in [4.78, 5) is 0.435. The molecule has 0 unspecified atom stereocenters. The van der Waals surface area contributed by atoms with Crippen LogP contribution < -0.4 is 0 Å². The molecule has 0 atom stereocenters. The molecule has 1 aliphatic heterocycles. The van der Waals surface area contributed by atoms with E-state index < -0.39 is 10.0 Å². The molecular formula is C12H17NO3S. The lowest BCUT2D eigenvalue weighted by atomic mass is 10.2. The Morgan fingerprint density at radius 1 is 1.24 bits per heavy atom. The van der Waals surface area contributed by atoms with Crippen molar-refractivity contribution in [3.05, 3.63) is 29.8 Å². The van der Waals surface area contributed by atoms with Gasteiger partial charge in [-0.2, -0.15) is 4.31 Å². The molecule has 1 aromatic carbocycles. The molecular weight excluding hydrogens is 238 g/mol. The highest BCUT2D eigenvalue weighted by Crippen LogP contribution is 2.21. The highest BCUT2D eigenvalue weighted by molar-refractivity contribution is 7.89. The Balaban J connectivity index is 2.36. The van der Waals surface area contributed by atoms with Gasteiger partial charge < -0.3 is 4.74 Å². The molecule has 1 saturated heterocycles. The number of sulfonamides is 1. The molecule has 2 rings (SSSR count). The fourth-order valence-electron chi connectivity index (χ4n) is 1.97. The number of rotatable bonds is 3. The molecule has 0 amide bonds. The van der Waals surface area contributed by atoms with Gasteiger partial charge in [-0.05, 0) is 18.1 Å².